The maximum Gasteiger partial charge on any atom is 0.256 e. The van der Waals surface area contributed by atoms with Crippen LogP contribution in [-0.2, 0) is 0 Å². The zero-order valence-corrected chi connectivity index (χ0v) is 21.4. The van der Waals surface area contributed by atoms with Crippen molar-refractivity contribution in [3.05, 3.63) is 59.1 Å². The Morgan fingerprint density at radius 3 is 2.71 bits per heavy atom. The quantitative estimate of drug-likeness (QED) is 0.406. The zero-order valence-electron chi connectivity index (χ0n) is 21.4. The third kappa shape index (κ3) is 3.91. The number of aliphatic hydroxyl groups is 1. The van der Waals surface area contributed by atoms with Gasteiger partial charge in [-0.1, -0.05) is 0 Å². The van der Waals surface area contributed by atoms with Crippen molar-refractivity contribution < 1.29 is 28.2 Å². The minimum absolute atomic E-state index is 0.151. The van der Waals surface area contributed by atoms with Crippen LogP contribution in [0, 0.1) is 13.8 Å². The molecule has 0 spiro atoms. The number of furan rings is 1. The van der Waals surface area contributed by atoms with Gasteiger partial charge in [0.05, 0.1) is 35.5 Å². The summed E-state index contributed by atoms with van der Waals surface area (Å²) in [6.45, 7) is 5.90. The Labute approximate surface area is 218 Å². The van der Waals surface area contributed by atoms with Crippen LogP contribution >= 0.6 is 0 Å². The monoisotopic (exact) mass is 520 g/mol. The molecule has 0 unspecified atom stereocenters. The van der Waals surface area contributed by atoms with Crippen LogP contribution in [0.1, 0.15) is 58.2 Å². The van der Waals surface area contributed by atoms with E-state index < -0.39 is 18.3 Å². The molecule has 0 bridgehead atoms. The molecule has 4 aromatic rings. The van der Waals surface area contributed by atoms with Crippen molar-refractivity contribution in [2.45, 2.75) is 64.4 Å². The Morgan fingerprint density at radius 1 is 1.21 bits per heavy atom. The van der Waals surface area contributed by atoms with Gasteiger partial charge in [0.2, 0.25) is 0 Å². The lowest BCUT2D eigenvalue weighted by Crippen LogP contribution is -2.48. The Balaban J connectivity index is 1.29. The molecule has 10 heteroatoms. The number of aliphatic hydroxyl groups excluding tert-OH is 1. The molecule has 6 rings (SSSR count). The van der Waals surface area contributed by atoms with E-state index in [9.17, 15) is 19.1 Å². The van der Waals surface area contributed by atoms with Gasteiger partial charge in [0.15, 0.2) is 5.75 Å². The van der Waals surface area contributed by atoms with Gasteiger partial charge in [0.1, 0.15) is 28.8 Å². The number of carbonyl (C=O) groups excluding carboxylic acids is 2. The smallest absolute Gasteiger partial charge is 0.256 e. The van der Waals surface area contributed by atoms with Gasteiger partial charge in [-0.2, -0.15) is 5.10 Å². The molecule has 2 N–H and O–H groups in total. The molecule has 38 heavy (non-hydrogen) atoms. The topological polar surface area (TPSA) is 109 Å². The summed E-state index contributed by atoms with van der Waals surface area (Å²) in [7, 11) is 0. The highest BCUT2D eigenvalue weighted by Crippen LogP contribution is 2.35. The second kappa shape index (κ2) is 9.13. The number of fused-ring (bicyclic) bond motifs is 2. The van der Waals surface area contributed by atoms with Gasteiger partial charge in [0.25, 0.3) is 11.8 Å². The molecule has 1 aliphatic heterocycles. The summed E-state index contributed by atoms with van der Waals surface area (Å²) in [5.74, 6) is 0.938. The van der Waals surface area contributed by atoms with E-state index in [-0.39, 0.29) is 17.9 Å². The predicted octanol–water partition coefficient (Wildman–Crippen LogP) is 4.32. The number of hydrogen-bond donors (Lipinski definition) is 2. The van der Waals surface area contributed by atoms with E-state index in [1.165, 1.54) is 0 Å². The normalized spacial score (nSPS) is 23.1. The minimum atomic E-state index is -1.01. The van der Waals surface area contributed by atoms with Gasteiger partial charge >= 0.3 is 0 Å². The van der Waals surface area contributed by atoms with Crippen molar-refractivity contribution in [1.82, 2.24) is 19.8 Å². The average molecular weight is 521 g/mol. The van der Waals surface area contributed by atoms with Gasteiger partial charge in [0, 0.05) is 30.3 Å². The number of hydrogen-bond acceptors (Lipinski definition) is 6. The summed E-state index contributed by atoms with van der Waals surface area (Å²) in [4.78, 5) is 27.8. The summed E-state index contributed by atoms with van der Waals surface area (Å²) in [6, 6.07) is 6.21. The number of likely N-dealkylation sites (tertiary alicyclic amines) is 1. The first kappa shape index (κ1) is 24.4. The first-order chi connectivity index (χ1) is 18.2. The van der Waals surface area contributed by atoms with Crippen LogP contribution in [0.15, 0.2) is 41.1 Å². The van der Waals surface area contributed by atoms with E-state index in [0.29, 0.717) is 70.7 Å². The first-order valence-corrected chi connectivity index (χ1v) is 12.8. The van der Waals surface area contributed by atoms with Crippen molar-refractivity contribution in [1.29, 1.82) is 0 Å². The van der Waals surface area contributed by atoms with Gasteiger partial charge in [-0.3, -0.25) is 9.59 Å². The number of benzene rings is 1. The van der Waals surface area contributed by atoms with E-state index in [4.69, 9.17) is 9.15 Å². The third-order valence-electron chi connectivity index (χ3n) is 7.89. The third-order valence-corrected chi connectivity index (χ3v) is 7.89. The maximum atomic E-state index is 13.7. The molecular formula is C28H29FN4O5. The van der Waals surface area contributed by atoms with Crippen LogP contribution in [0.5, 0.6) is 11.5 Å². The lowest BCUT2D eigenvalue weighted by atomic mass is 9.90. The fourth-order valence-corrected chi connectivity index (χ4v) is 5.42. The van der Waals surface area contributed by atoms with Crippen molar-refractivity contribution in [3.8, 4) is 11.5 Å². The lowest BCUT2D eigenvalue weighted by molar-refractivity contribution is 0.0666. The molecule has 1 aliphatic carbocycles. The minimum Gasteiger partial charge on any atom is -0.460 e. The maximum absolute atomic E-state index is 13.7. The van der Waals surface area contributed by atoms with Gasteiger partial charge in [-0.25, -0.2) is 8.91 Å². The zero-order chi connectivity index (χ0) is 26.7. The fourth-order valence-electron chi connectivity index (χ4n) is 5.42. The molecule has 4 heterocycles. The molecule has 4 atom stereocenters. The molecule has 1 aromatic carbocycles. The Morgan fingerprint density at radius 2 is 2.03 bits per heavy atom. The predicted molar refractivity (Wildman–Crippen MR) is 137 cm³/mol. The SMILES string of the molecule is Cc1oc2cc(Oc3ccnn4cc(C(=O)N5CC[C@@H](O)[C@H]5C)c(C)c34)ccc2c1C(=O)N[C@H]1CC[C@H]1F. The van der Waals surface area contributed by atoms with Gasteiger partial charge < -0.3 is 24.5 Å². The summed E-state index contributed by atoms with van der Waals surface area (Å²) >= 11 is 0. The van der Waals surface area contributed by atoms with Crippen LogP contribution in [-0.4, -0.2) is 62.3 Å². The Kier molecular flexibility index (Phi) is 5.86. The van der Waals surface area contributed by atoms with Gasteiger partial charge in [-0.15, -0.1) is 0 Å². The lowest BCUT2D eigenvalue weighted by Gasteiger charge is -2.30. The molecule has 1 saturated heterocycles. The molecule has 198 valence electrons. The number of nitrogens with one attached hydrogen (secondary N) is 1. The highest BCUT2D eigenvalue weighted by molar-refractivity contribution is 6.07. The highest BCUT2D eigenvalue weighted by Gasteiger charge is 2.35. The number of aryl methyl sites for hydroxylation is 2. The van der Waals surface area contributed by atoms with E-state index in [0.717, 1.165) is 5.56 Å². The number of halogens is 1. The van der Waals surface area contributed by atoms with E-state index in [1.807, 2.05) is 13.8 Å². The number of ether oxygens (including phenoxy) is 1. The van der Waals surface area contributed by atoms with Crippen LogP contribution in [0.25, 0.3) is 16.5 Å². The summed E-state index contributed by atoms with van der Waals surface area (Å²) in [6.07, 6.45) is 3.40. The van der Waals surface area contributed by atoms with Crippen LogP contribution in [0.3, 0.4) is 0 Å². The van der Waals surface area contributed by atoms with Crippen molar-refractivity contribution in [3.63, 3.8) is 0 Å². The van der Waals surface area contributed by atoms with E-state index in [1.54, 1.807) is 53.0 Å². The van der Waals surface area contributed by atoms with Crippen molar-refractivity contribution >= 4 is 28.3 Å². The summed E-state index contributed by atoms with van der Waals surface area (Å²) in [5.41, 5.74) is 2.75. The number of nitrogens with zero attached hydrogens (tertiary/aromatic N) is 3. The number of alkyl halides is 1. The summed E-state index contributed by atoms with van der Waals surface area (Å²) in [5, 5.41) is 17.8. The Bertz CT molecular complexity index is 1580. The van der Waals surface area contributed by atoms with E-state index in [2.05, 4.69) is 10.4 Å². The molecule has 0 radical (unpaired) electrons. The molecule has 2 aliphatic rings. The number of carbonyl (C=O) groups is 2. The standard InChI is InChI=1S/C28H29FN4O5/c1-14-19(28(36)32-11-9-22(34)15(32)2)13-33-26(14)23(8-10-30-33)38-17-4-5-18-24(12-17)37-16(3)25(18)27(35)31-21-7-6-20(21)29/h4-5,8,10,12-13,15,20-22,34H,6-7,9,11H2,1-3H3,(H,31,35)/t15-,20-,21+,22-/m1/s1. The van der Waals surface area contributed by atoms with Crippen LogP contribution in [0.4, 0.5) is 4.39 Å². The molecule has 2 fully saturated rings. The summed E-state index contributed by atoms with van der Waals surface area (Å²) < 4.78 is 27.4. The molecular weight excluding hydrogens is 491 g/mol. The second-order valence-electron chi connectivity index (χ2n) is 10.2. The molecule has 2 amide bonds. The van der Waals surface area contributed by atoms with Crippen molar-refractivity contribution in [2.24, 2.45) is 0 Å². The molecule has 1 saturated carbocycles. The van der Waals surface area contributed by atoms with Crippen LogP contribution in [0.2, 0.25) is 0 Å². The van der Waals surface area contributed by atoms with Crippen LogP contribution < -0.4 is 10.1 Å². The highest BCUT2D eigenvalue weighted by atomic mass is 19.1. The van der Waals surface area contributed by atoms with Crippen molar-refractivity contribution in [2.75, 3.05) is 6.54 Å². The second-order valence-corrected chi connectivity index (χ2v) is 10.2. The van der Waals surface area contributed by atoms with Gasteiger partial charge in [-0.05, 0) is 57.7 Å². The number of rotatable bonds is 5. The average Bonchev–Trinajstić information content (AvgIpc) is 3.53. The van der Waals surface area contributed by atoms with E-state index >= 15 is 0 Å². The fraction of sp³-hybridized carbons (Fsp3) is 0.393. The number of aromatic nitrogens is 2. The molecule has 9 nitrogen and oxygen atoms in total. The first-order valence-electron chi connectivity index (χ1n) is 12.8. The Hall–Kier alpha value is -3.92. The largest absolute Gasteiger partial charge is 0.460 e. The number of amides is 2. The molecule has 3 aromatic heterocycles.